The normalized spacial score (nSPS) is 24.5. The molecule has 0 radical (unpaired) electrons. The van der Waals surface area contributed by atoms with Crippen LogP contribution in [-0.4, -0.2) is 52.7 Å². The molecule has 0 aromatic heterocycles. The zero-order valence-corrected chi connectivity index (χ0v) is 14.5. The molecule has 128 valence electrons. The lowest BCUT2D eigenvalue weighted by atomic mass is 10.1. The first kappa shape index (κ1) is 18.9. The minimum atomic E-state index is -0.830. The van der Waals surface area contributed by atoms with Gasteiger partial charge in [0.1, 0.15) is 11.3 Å². The van der Waals surface area contributed by atoms with Gasteiger partial charge in [-0.25, -0.2) is 4.79 Å². The number of aliphatic hydroxyl groups is 1. The Kier molecular flexibility index (Phi) is 6.01. The largest absolute Gasteiger partial charge is 0.444 e. The Morgan fingerprint density at radius 3 is 2.59 bits per heavy atom. The van der Waals surface area contributed by atoms with Crippen molar-refractivity contribution in [3.63, 3.8) is 0 Å². The molecule has 22 heavy (non-hydrogen) atoms. The molecular formula is C16H30N2O4. The van der Waals surface area contributed by atoms with Crippen molar-refractivity contribution in [2.24, 2.45) is 11.7 Å². The predicted octanol–water partition coefficient (Wildman–Crippen LogP) is 1.87. The van der Waals surface area contributed by atoms with Crippen LogP contribution >= 0.6 is 0 Å². The lowest BCUT2D eigenvalue weighted by Gasteiger charge is -2.36. The predicted molar refractivity (Wildman–Crippen MR) is 85.3 cm³/mol. The number of nitrogens with two attached hydrogens (primary N) is 1. The van der Waals surface area contributed by atoms with Gasteiger partial charge in [-0.3, -0.25) is 4.90 Å². The highest BCUT2D eigenvalue weighted by Crippen LogP contribution is 2.31. The molecule has 0 aromatic carbocycles. The first-order valence-corrected chi connectivity index (χ1v) is 7.70. The van der Waals surface area contributed by atoms with Crippen LogP contribution in [0.15, 0.2) is 12.2 Å². The first-order chi connectivity index (χ1) is 9.98. The second-order valence-electron chi connectivity index (χ2n) is 7.26. The number of carbonyl (C=O) groups excluding carboxylic acids is 1. The monoisotopic (exact) mass is 314 g/mol. The number of nitrogens with zero attached hydrogens (tertiary/aromatic N) is 1. The van der Waals surface area contributed by atoms with Crippen LogP contribution in [0.2, 0.25) is 0 Å². The molecule has 0 bridgehead atoms. The zero-order chi connectivity index (χ0) is 17.1. The summed E-state index contributed by atoms with van der Waals surface area (Å²) in [6.07, 6.45) is 2.20. The van der Waals surface area contributed by atoms with Crippen molar-refractivity contribution in [3.8, 4) is 0 Å². The summed E-state index contributed by atoms with van der Waals surface area (Å²) in [5.74, 6) is 0.167. The zero-order valence-electron chi connectivity index (χ0n) is 14.5. The lowest BCUT2D eigenvalue weighted by molar-refractivity contribution is -0.0661. The number of hydrogen-bond donors (Lipinski definition) is 2. The van der Waals surface area contributed by atoms with Gasteiger partial charge in [0.15, 0.2) is 0 Å². The molecule has 0 aliphatic carbocycles. The second-order valence-corrected chi connectivity index (χ2v) is 7.26. The van der Waals surface area contributed by atoms with E-state index >= 15 is 0 Å². The van der Waals surface area contributed by atoms with E-state index in [0.29, 0.717) is 6.54 Å². The van der Waals surface area contributed by atoms with E-state index in [2.05, 4.69) is 0 Å². The molecule has 0 saturated carbocycles. The van der Waals surface area contributed by atoms with Crippen molar-refractivity contribution in [1.29, 1.82) is 0 Å². The maximum Gasteiger partial charge on any atom is 0.413 e. The van der Waals surface area contributed by atoms with Gasteiger partial charge >= 0.3 is 6.09 Å². The Bertz CT molecular complexity index is 415. The number of rotatable bonds is 4. The third kappa shape index (κ3) is 4.97. The highest BCUT2D eigenvalue weighted by Gasteiger charge is 2.47. The van der Waals surface area contributed by atoms with Gasteiger partial charge in [0, 0.05) is 0 Å². The molecule has 0 aromatic rings. The molecule has 2 unspecified atom stereocenters. The van der Waals surface area contributed by atoms with Crippen LogP contribution in [0.4, 0.5) is 4.79 Å². The van der Waals surface area contributed by atoms with Gasteiger partial charge in [0.25, 0.3) is 0 Å². The summed E-state index contributed by atoms with van der Waals surface area (Å²) in [5.41, 5.74) is 4.14. The van der Waals surface area contributed by atoms with Gasteiger partial charge in [0.05, 0.1) is 18.8 Å². The summed E-state index contributed by atoms with van der Waals surface area (Å²) in [4.78, 5) is 13.9. The van der Waals surface area contributed by atoms with Crippen LogP contribution in [0, 0.1) is 5.92 Å². The summed E-state index contributed by atoms with van der Waals surface area (Å²) < 4.78 is 11.1. The van der Waals surface area contributed by atoms with Crippen LogP contribution < -0.4 is 5.73 Å². The molecule has 0 spiro atoms. The number of ether oxygens (including phenoxy) is 2. The molecule has 1 fully saturated rings. The molecule has 1 aliphatic heterocycles. The Hall–Kier alpha value is -1.11. The Balaban J connectivity index is 2.89. The third-order valence-corrected chi connectivity index (χ3v) is 3.51. The molecule has 6 heteroatoms. The maximum absolute atomic E-state index is 12.5. The van der Waals surface area contributed by atoms with E-state index in [1.807, 2.05) is 33.8 Å². The van der Waals surface area contributed by atoms with Crippen LogP contribution in [0.5, 0.6) is 0 Å². The van der Waals surface area contributed by atoms with E-state index in [9.17, 15) is 9.90 Å². The van der Waals surface area contributed by atoms with E-state index in [0.717, 1.165) is 0 Å². The van der Waals surface area contributed by atoms with E-state index in [-0.39, 0.29) is 12.5 Å². The van der Waals surface area contributed by atoms with Gasteiger partial charge in [0.2, 0.25) is 0 Å². The summed E-state index contributed by atoms with van der Waals surface area (Å²) >= 11 is 0. The average molecular weight is 314 g/mol. The van der Waals surface area contributed by atoms with Crippen molar-refractivity contribution < 1.29 is 19.4 Å². The maximum atomic E-state index is 12.5. The van der Waals surface area contributed by atoms with Gasteiger partial charge in [-0.1, -0.05) is 19.1 Å². The van der Waals surface area contributed by atoms with Gasteiger partial charge < -0.3 is 20.3 Å². The van der Waals surface area contributed by atoms with Crippen molar-refractivity contribution in [1.82, 2.24) is 4.90 Å². The first-order valence-electron chi connectivity index (χ1n) is 7.70. The fourth-order valence-electron chi connectivity index (χ4n) is 2.26. The molecule has 1 aliphatic rings. The Labute approximate surface area is 133 Å². The smallest absolute Gasteiger partial charge is 0.413 e. The summed E-state index contributed by atoms with van der Waals surface area (Å²) in [6.45, 7) is 11.7. The quantitative estimate of drug-likeness (QED) is 0.774. The standard InChI is InChI=1S/C16H30N2O4/c1-11(9-17)7-8-13(19)12-10-21-16(5,6)18(12)14(20)22-15(2,3)4/h7-8,11-13,19H,9-10,17H2,1-6H3/b8-7+/t11?,12-,13?/m0/s1. The summed E-state index contributed by atoms with van der Waals surface area (Å²) in [6, 6.07) is -0.480. The van der Waals surface area contributed by atoms with Crippen LogP contribution in [-0.2, 0) is 9.47 Å². The highest BCUT2D eigenvalue weighted by molar-refractivity contribution is 5.70. The summed E-state index contributed by atoms with van der Waals surface area (Å²) in [5, 5.41) is 10.4. The van der Waals surface area contributed by atoms with E-state index < -0.39 is 29.6 Å². The minimum absolute atomic E-state index is 0.167. The second kappa shape index (κ2) is 6.98. The number of carbonyl (C=O) groups is 1. The lowest BCUT2D eigenvalue weighted by Crippen LogP contribution is -2.53. The van der Waals surface area contributed by atoms with Crippen molar-refractivity contribution in [3.05, 3.63) is 12.2 Å². The molecule has 6 nitrogen and oxygen atoms in total. The number of aliphatic hydroxyl groups excluding tert-OH is 1. The van der Waals surface area contributed by atoms with Gasteiger partial charge in [-0.15, -0.1) is 0 Å². The molecule has 3 atom stereocenters. The van der Waals surface area contributed by atoms with E-state index in [1.54, 1.807) is 19.9 Å². The Morgan fingerprint density at radius 1 is 1.50 bits per heavy atom. The van der Waals surface area contributed by atoms with Gasteiger partial charge in [-0.2, -0.15) is 0 Å². The minimum Gasteiger partial charge on any atom is -0.444 e. The SMILES string of the molecule is CC(/C=C/C(O)[C@@H]1COC(C)(C)N1C(=O)OC(C)(C)C)CN. The topological polar surface area (TPSA) is 85.0 Å². The van der Waals surface area contributed by atoms with Crippen molar-refractivity contribution in [2.75, 3.05) is 13.2 Å². The van der Waals surface area contributed by atoms with E-state index in [4.69, 9.17) is 15.2 Å². The molecule has 1 amide bonds. The fourth-order valence-corrected chi connectivity index (χ4v) is 2.26. The van der Waals surface area contributed by atoms with Crippen LogP contribution in [0.3, 0.4) is 0 Å². The van der Waals surface area contributed by atoms with Crippen LogP contribution in [0.25, 0.3) is 0 Å². The van der Waals surface area contributed by atoms with Gasteiger partial charge in [-0.05, 0) is 47.1 Å². The number of amides is 1. The molecule has 1 rings (SSSR count). The van der Waals surface area contributed by atoms with Crippen molar-refractivity contribution in [2.45, 2.75) is 65.0 Å². The van der Waals surface area contributed by atoms with E-state index in [1.165, 1.54) is 4.90 Å². The highest BCUT2D eigenvalue weighted by atomic mass is 16.6. The molecule has 3 N–H and O–H groups in total. The Morgan fingerprint density at radius 2 is 2.09 bits per heavy atom. The molecule has 1 saturated heterocycles. The van der Waals surface area contributed by atoms with Crippen LogP contribution in [0.1, 0.15) is 41.5 Å². The van der Waals surface area contributed by atoms with Crippen molar-refractivity contribution >= 4 is 6.09 Å². The average Bonchev–Trinajstić information content (AvgIpc) is 2.69. The molecule has 1 heterocycles. The molecular weight excluding hydrogens is 284 g/mol. The third-order valence-electron chi connectivity index (χ3n) is 3.51. The fraction of sp³-hybridized carbons (Fsp3) is 0.812. The number of hydrogen-bond acceptors (Lipinski definition) is 5. The summed E-state index contributed by atoms with van der Waals surface area (Å²) in [7, 11) is 0.